The minimum atomic E-state index is -3.65. The van der Waals surface area contributed by atoms with Crippen LogP contribution < -0.4 is 14.4 Å². The molecule has 1 aliphatic heterocycles. The molecule has 4 rings (SSSR count). The van der Waals surface area contributed by atoms with Crippen molar-refractivity contribution >= 4 is 27.3 Å². The summed E-state index contributed by atoms with van der Waals surface area (Å²) in [7, 11) is -3.65. The van der Waals surface area contributed by atoms with Crippen LogP contribution in [0.15, 0.2) is 71.6 Å². The maximum absolute atomic E-state index is 13.1. The van der Waals surface area contributed by atoms with Crippen molar-refractivity contribution in [1.29, 1.82) is 0 Å². The molecule has 0 saturated carbocycles. The molecule has 0 aromatic heterocycles. The molecule has 7 heteroatoms. The Morgan fingerprint density at radius 1 is 1.00 bits per heavy atom. The van der Waals surface area contributed by atoms with Crippen LogP contribution in [0.5, 0.6) is 5.75 Å². The van der Waals surface area contributed by atoms with Crippen molar-refractivity contribution in [2.45, 2.75) is 25.2 Å². The summed E-state index contributed by atoms with van der Waals surface area (Å²) in [6, 6.07) is 19.4. The molecule has 0 unspecified atom stereocenters. The van der Waals surface area contributed by atoms with Crippen LogP contribution in [0.3, 0.4) is 0 Å². The predicted molar refractivity (Wildman–Crippen MR) is 121 cm³/mol. The van der Waals surface area contributed by atoms with Crippen molar-refractivity contribution < 1.29 is 17.9 Å². The maximum atomic E-state index is 13.1. The number of hydrogen-bond donors (Lipinski definition) is 1. The number of rotatable bonds is 6. The maximum Gasteiger partial charge on any atom is 0.264 e. The molecule has 1 aliphatic rings. The molecule has 1 N–H and O–H groups in total. The highest BCUT2D eigenvalue weighted by molar-refractivity contribution is 7.92. The number of nitrogens with one attached hydrogen (secondary N) is 1. The third-order valence-corrected chi connectivity index (χ3v) is 7.33. The number of ether oxygens (including phenoxy) is 1. The monoisotopic (exact) mass is 436 g/mol. The second-order valence-corrected chi connectivity index (χ2v) is 9.37. The van der Waals surface area contributed by atoms with Gasteiger partial charge in [-0.2, -0.15) is 0 Å². The van der Waals surface area contributed by atoms with Crippen LogP contribution >= 0.6 is 0 Å². The molecule has 0 fully saturated rings. The van der Waals surface area contributed by atoms with E-state index in [9.17, 15) is 13.2 Å². The van der Waals surface area contributed by atoms with E-state index in [1.54, 1.807) is 12.1 Å². The summed E-state index contributed by atoms with van der Waals surface area (Å²) in [5, 5.41) is 2.84. The average molecular weight is 437 g/mol. The lowest BCUT2D eigenvalue weighted by Gasteiger charge is -2.19. The van der Waals surface area contributed by atoms with E-state index < -0.39 is 10.0 Å². The second-order valence-electron chi connectivity index (χ2n) is 7.51. The average Bonchev–Trinajstić information content (AvgIpc) is 3.21. The molecule has 0 saturated heterocycles. The summed E-state index contributed by atoms with van der Waals surface area (Å²) in [5.74, 6) is 0.149. The Hall–Kier alpha value is -3.32. The van der Waals surface area contributed by atoms with Gasteiger partial charge in [0.15, 0.2) is 6.61 Å². The second kappa shape index (κ2) is 8.43. The highest BCUT2D eigenvalue weighted by Crippen LogP contribution is 2.33. The molecule has 0 radical (unpaired) electrons. The lowest BCUT2D eigenvalue weighted by molar-refractivity contribution is -0.118. The number of anilines is 2. The van der Waals surface area contributed by atoms with Gasteiger partial charge < -0.3 is 10.1 Å². The van der Waals surface area contributed by atoms with Crippen LogP contribution in [0, 0.1) is 13.8 Å². The Bertz CT molecular complexity index is 1220. The number of nitrogens with zero attached hydrogens (tertiary/aromatic N) is 1. The van der Waals surface area contributed by atoms with E-state index in [-0.39, 0.29) is 17.4 Å². The van der Waals surface area contributed by atoms with Crippen molar-refractivity contribution in [1.82, 2.24) is 0 Å². The summed E-state index contributed by atoms with van der Waals surface area (Å²) >= 11 is 0. The molecule has 3 aromatic rings. The number of sulfonamides is 1. The Kier molecular flexibility index (Phi) is 5.69. The normalized spacial score (nSPS) is 13.0. The molecular weight excluding hydrogens is 412 g/mol. The van der Waals surface area contributed by atoms with Crippen LogP contribution in [-0.2, 0) is 21.2 Å². The molecule has 160 valence electrons. The van der Waals surface area contributed by atoms with Crippen LogP contribution in [0.25, 0.3) is 0 Å². The largest absolute Gasteiger partial charge is 0.484 e. The zero-order valence-corrected chi connectivity index (χ0v) is 18.3. The van der Waals surface area contributed by atoms with E-state index in [1.165, 1.54) is 16.4 Å². The molecule has 0 aliphatic carbocycles. The molecule has 1 heterocycles. The summed E-state index contributed by atoms with van der Waals surface area (Å²) in [4.78, 5) is 12.4. The lowest BCUT2D eigenvalue weighted by atomic mass is 10.1. The first-order valence-corrected chi connectivity index (χ1v) is 11.5. The van der Waals surface area contributed by atoms with Gasteiger partial charge in [0.1, 0.15) is 5.75 Å². The molecule has 0 bridgehead atoms. The Labute approximate surface area is 182 Å². The van der Waals surface area contributed by atoms with E-state index in [2.05, 4.69) is 5.32 Å². The molecule has 0 atom stereocenters. The van der Waals surface area contributed by atoms with E-state index in [0.29, 0.717) is 18.7 Å². The summed E-state index contributed by atoms with van der Waals surface area (Å²) in [6.07, 6.45) is 0.701. The Balaban J connectivity index is 1.40. The van der Waals surface area contributed by atoms with Gasteiger partial charge in [-0.3, -0.25) is 9.10 Å². The van der Waals surface area contributed by atoms with Crippen LogP contribution in [0.1, 0.15) is 16.7 Å². The van der Waals surface area contributed by atoms with E-state index in [0.717, 1.165) is 28.1 Å². The van der Waals surface area contributed by atoms with Gasteiger partial charge in [0.25, 0.3) is 15.9 Å². The first-order chi connectivity index (χ1) is 14.9. The van der Waals surface area contributed by atoms with Crippen molar-refractivity contribution in [2.24, 2.45) is 0 Å². The smallest absolute Gasteiger partial charge is 0.264 e. The number of benzene rings is 3. The number of hydrogen-bond acceptors (Lipinski definition) is 4. The first kappa shape index (κ1) is 20.9. The molecule has 0 spiro atoms. The number of carbonyl (C=O) groups excluding carboxylic acids is 1. The van der Waals surface area contributed by atoms with E-state index in [4.69, 9.17) is 4.74 Å². The lowest BCUT2D eigenvalue weighted by Crippen LogP contribution is -2.29. The third-order valence-electron chi connectivity index (χ3n) is 5.50. The first-order valence-electron chi connectivity index (χ1n) is 10.1. The van der Waals surface area contributed by atoms with Gasteiger partial charge in [0.2, 0.25) is 0 Å². The van der Waals surface area contributed by atoms with Gasteiger partial charge in [-0.15, -0.1) is 0 Å². The van der Waals surface area contributed by atoms with Crippen LogP contribution in [0.4, 0.5) is 11.4 Å². The number of carbonyl (C=O) groups is 1. The summed E-state index contributed by atoms with van der Waals surface area (Å²) in [5.41, 5.74) is 4.61. The van der Waals surface area contributed by atoms with Crippen molar-refractivity contribution in [3.63, 3.8) is 0 Å². The van der Waals surface area contributed by atoms with Gasteiger partial charge in [0.05, 0.1) is 10.6 Å². The van der Waals surface area contributed by atoms with Gasteiger partial charge in [0, 0.05) is 12.2 Å². The van der Waals surface area contributed by atoms with E-state index >= 15 is 0 Å². The minimum Gasteiger partial charge on any atom is -0.484 e. The van der Waals surface area contributed by atoms with Crippen LogP contribution in [0.2, 0.25) is 0 Å². The van der Waals surface area contributed by atoms with Crippen molar-refractivity contribution in [3.05, 3.63) is 83.4 Å². The van der Waals surface area contributed by atoms with Crippen molar-refractivity contribution in [3.8, 4) is 5.75 Å². The third kappa shape index (κ3) is 4.27. The molecule has 3 aromatic carbocycles. The summed E-state index contributed by atoms with van der Waals surface area (Å²) in [6.45, 7) is 4.19. The van der Waals surface area contributed by atoms with Crippen LogP contribution in [-0.4, -0.2) is 27.5 Å². The summed E-state index contributed by atoms with van der Waals surface area (Å²) < 4.78 is 33.1. The van der Waals surface area contributed by atoms with E-state index in [1.807, 2.05) is 56.3 Å². The predicted octanol–water partition coefficient (Wildman–Crippen LogP) is 4.07. The fourth-order valence-electron chi connectivity index (χ4n) is 3.61. The minimum absolute atomic E-state index is 0.168. The molecule has 31 heavy (non-hydrogen) atoms. The highest BCUT2D eigenvalue weighted by Gasteiger charge is 2.30. The van der Waals surface area contributed by atoms with Gasteiger partial charge in [-0.25, -0.2) is 8.42 Å². The molecule has 6 nitrogen and oxygen atoms in total. The standard InChI is InChI=1S/C24H24N2O4S/c1-17-6-5-8-22(18(17)2)25-24(27)16-30-20-10-12-21(13-11-20)31(28,29)26-15-14-19-7-3-4-9-23(19)26/h3-13H,14-16H2,1-2H3,(H,25,27). The van der Waals surface area contributed by atoms with Crippen molar-refractivity contribution in [2.75, 3.05) is 22.8 Å². The number of para-hydroxylation sites is 1. The molecular formula is C24H24N2O4S. The van der Waals surface area contributed by atoms with Gasteiger partial charge in [-0.1, -0.05) is 30.3 Å². The fraction of sp³-hybridized carbons (Fsp3) is 0.208. The topological polar surface area (TPSA) is 75.7 Å². The fourth-order valence-corrected chi connectivity index (χ4v) is 5.12. The van der Waals surface area contributed by atoms with Gasteiger partial charge in [-0.05, 0) is 73.4 Å². The SMILES string of the molecule is Cc1cccc(NC(=O)COc2ccc(S(=O)(=O)N3CCc4ccccc43)cc2)c1C. The number of amides is 1. The Morgan fingerprint density at radius 3 is 2.52 bits per heavy atom. The highest BCUT2D eigenvalue weighted by atomic mass is 32.2. The molecule has 1 amide bonds. The quantitative estimate of drug-likeness (QED) is 0.632. The zero-order valence-electron chi connectivity index (χ0n) is 17.5. The number of fused-ring (bicyclic) bond motifs is 1. The zero-order chi connectivity index (χ0) is 22.0. The van der Waals surface area contributed by atoms with Gasteiger partial charge >= 0.3 is 0 Å². The number of aryl methyl sites for hydroxylation is 1. The Morgan fingerprint density at radius 2 is 1.74 bits per heavy atom.